The lowest BCUT2D eigenvalue weighted by molar-refractivity contribution is -0.00194. The Bertz CT molecular complexity index is 531. The molecule has 2 saturated heterocycles. The summed E-state index contributed by atoms with van der Waals surface area (Å²) in [5.41, 5.74) is 5.27. The van der Waals surface area contributed by atoms with Crippen molar-refractivity contribution in [1.82, 2.24) is 13.5 Å². The average Bonchev–Trinajstić information content (AvgIpc) is 2.35. The summed E-state index contributed by atoms with van der Waals surface area (Å²) >= 11 is 0. The molecule has 1 amide bonds. The predicted molar refractivity (Wildman–Crippen MR) is 87.1 cm³/mol. The number of carbonyl (C=O) groups excluding carboxylic acids is 1. The highest BCUT2D eigenvalue weighted by Gasteiger charge is 2.42. The van der Waals surface area contributed by atoms with E-state index in [-0.39, 0.29) is 12.1 Å². The normalized spacial score (nSPS) is 22.3. The maximum atomic E-state index is 12.6. The van der Waals surface area contributed by atoms with Crippen LogP contribution in [0.4, 0.5) is 4.79 Å². The predicted octanol–water partition coefficient (Wildman–Crippen LogP) is 0.205. The van der Waals surface area contributed by atoms with E-state index in [1.165, 1.54) is 13.5 Å². The molecule has 2 fully saturated rings. The van der Waals surface area contributed by atoms with Crippen LogP contribution in [-0.4, -0.2) is 78.9 Å². The van der Waals surface area contributed by atoms with Gasteiger partial charge < -0.3 is 15.4 Å². The molecule has 0 aromatic rings. The number of hydrogen-bond acceptors (Lipinski definition) is 5. The van der Waals surface area contributed by atoms with E-state index in [0.29, 0.717) is 39.0 Å². The van der Waals surface area contributed by atoms with Crippen molar-refractivity contribution in [2.45, 2.75) is 51.3 Å². The van der Waals surface area contributed by atoms with Crippen LogP contribution in [0.1, 0.15) is 33.6 Å². The van der Waals surface area contributed by atoms with E-state index in [4.69, 9.17) is 10.5 Å². The summed E-state index contributed by atoms with van der Waals surface area (Å²) in [7, 11) is -1.93. The van der Waals surface area contributed by atoms with Crippen molar-refractivity contribution in [2.24, 2.45) is 5.73 Å². The number of nitrogens with two attached hydrogens (primary N) is 1. The molecule has 0 aromatic carbocycles. The number of piperidine rings is 1. The van der Waals surface area contributed by atoms with E-state index in [9.17, 15) is 13.2 Å². The van der Waals surface area contributed by atoms with E-state index in [0.717, 1.165) is 0 Å². The first-order chi connectivity index (χ1) is 10.5. The van der Waals surface area contributed by atoms with E-state index >= 15 is 0 Å². The standard InChI is InChI=1S/C14H28N4O4S/c1-14(2,3)22-13(19)17-9-12(10-17)16(4)23(20,21)18-7-5-11(15)6-8-18/h11-12H,5-10,15H2,1-4H3. The van der Waals surface area contributed by atoms with Crippen molar-refractivity contribution in [2.75, 3.05) is 33.2 Å². The van der Waals surface area contributed by atoms with E-state index in [2.05, 4.69) is 0 Å². The van der Waals surface area contributed by atoms with Crippen LogP contribution in [0.3, 0.4) is 0 Å². The summed E-state index contributed by atoms with van der Waals surface area (Å²) in [4.78, 5) is 13.4. The Morgan fingerprint density at radius 3 is 2.22 bits per heavy atom. The Balaban J connectivity index is 1.88. The average molecular weight is 348 g/mol. The fraction of sp³-hybridized carbons (Fsp3) is 0.929. The van der Waals surface area contributed by atoms with Gasteiger partial charge in [-0.25, -0.2) is 4.79 Å². The Morgan fingerprint density at radius 2 is 1.74 bits per heavy atom. The largest absolute Gasteiger partial charge is 0.444 e. The zero-order valence-corrected chi connectivity index (χ0v) is 15.2. The van der Waals surface area contributed by atoms with E-state index in [1.807, 2.05) is 0 Å². The third-order valence-electron chi connectivity index (χ3n) is 4.22. The first kappa shape index (κ1) is 18.4. The number of nitrogens with zero attached hydrogens (tertiary/aromatic N) is 3. The van der Waals surface area contributed by atoms with Crippen LogP contribution in [0.25, 0.3) is 0 Å². The number of likely N-dealkylation sites (N-methyl/N-ethyl adjacent to an activating group) is 1. The molecular formula is C14H28N4O4S. The third kappa shape index (κ3) is 4.34. The molecule has 0 aromatic heterocycles. The van der Waals surface area contributed by atoms with Crippen molar-refractivity contribution in [3.8, 4) is 0 Å². The molecule has 0 bridgehead atoms. The summed E-state index contributed by atoms with van der Waals surface area (Å²) in [5.74, 6) is 0. The Morgan fingerprint density at radius 1 is 1.22 bits per heavy atom. The van der Waals surface area contributed by atoms with Crippen LogP contribution in [0, 0.1) is 0 Å². The number of hydrogen-bond donors (Lipinski definition) is 1. The van der Waals surface area contributed by atoms with Crippen LogP contribution in [0.15, 0.2) is 0 Å². The van der Waals surface area contributed by atoms with Crippen molar-refractivity contribution >= 4 is 16.3 Å². The molecule has 0 atom stereocenters. The lowest BCUT2D eigenvalue weighted by Crippen LogP contribution is -2.63. The van der Waals surface area contributed by atoms with Crippen molar-refractivity contribution in [3.05, 3.63) is 0 Å². The summed E-state index contributed by atoms with van der Waals surface area (Å²) in [6.07, 6.45) is 0.965. The molecular weight excluding hydrogens is 320 g/mol. The highest BCUT2D eigenvalue weighted by atomic mass is 32.2. The summed E-state index contributed by atoms with van der Waals surface area (Å²) in [6.45, 7) is 7.04. The maximum absolute atomic E-state index is 12.6. The molecule has 0 radical (unpaired) electrons. The topological polar surface area (TPSA) is 96.2 Å². The second-order valence-corrected chi connectivity index (χ2v) is 9.29. The van der Waals surface area contributed by atoms with Crippen molar-refractivity contribution < 1.29 is 17.9 Å². The molecule has 134 valence electrons. The zero-order chi connectivity index (χ0) is 17.4. The highest BCUT2D eigenvalue weighted by molar-refractivity contribution is 7.86. The number of amides is 1. The minimum Gasteiger partial charge on any atom is -0.444 e. The second kappa shape index (κ2) is 6.54. The molecule has 2 rings (SSSR count). The number of carbonyl (C=O) groups is 1. The third-order valence-corrected chi connectivity index (χ3v) is 6.26. The van der Waals surface area contributed by atoms with Gasteiger partial charge in [0.2, 0.25) is 0 Å². The van der Waals surface area contributed by atoms with Gasteiger partial charge >= 0.3 is 6.09 Å². The summed E-state index contributed by atoms with van der Waals surface area (Å²) in [6, 6.07) is -0.124. The van der Waals surface area contributed by atoms with Gasteiger partial charge in [0.05, 0.1) is 6.04 Å². The Kier molecular flexibility index (Phi) is 5.24. The molecule has 9 heteroatoms. The summed E-state index contributed by atoms with van der Waals surface area (Å²) < 4.78 is 33.3. The molecule has 0 unspecified atom stereocenters. The van der Waals surface area contributed by atoms with Crippen LogP contribution in [0.2, 0.25) is 0 Å². The molecule has 2 aliphatic heterocycles. The molecule has 0 aliphatic carbocycles. The minimum absolute atomic E-state index is 0.0816. The Hall–Kier alpha value is -0.900. The first-order valence-corrected chi connectivity index (χ1v) is 9.37. The fourth-order valence-electron chi connectivity index (χ4n) is 2.64. The van der Waals surface area contributed by atoms with Gasteiger partial charge in [0.15, 0.2) is 0 Å². The van der Waals surface area contributed by atoms with E-state index < -0.39 is 21.9 Å². The number of likely N-dealkylation sites (tertiary alicyclic amines) is 1. The lowest BCUT2D eigenvalue weighted by atomic mass is 10.1. The van der Waals surface area contributed by atoms with Gasteiger partial charge in [-0.3, -0.25) is 0 Å². The molecule has 2 aliphatic rings. The van der Waals surface area contributed by atoms with Crippen LogP contribution in [-0.2, 0) is 14.9 Å². The second-order valence-electron chi connectivity index (χ2n) is 7.30. The Labute approximate surface area is 138 Å². The van der Waals surface area contributed by atoms with Gasteiger partial charge in [-0.05, 0) is 33.6 Å². The fourth-order valence-corrected chi connectivity index (χ4v) is 4.18. The highest BCUT2D eigenvalue weighted by Crippen LogP contribution is 2.23. The van der Waals surface area contributed by atoms with Gasteiger partial charge in [0.1, 0.15) is 5.60 Å². The maximum Gasteiger partial charge on any atom is 0.410 e. The molecule has 23 heavy (non-hydrogen) atoms. The molecule has 0 saturated carbocycles. The number of ether oxygens (including phenoxy) is 1. The van der Waals surface area contributed by atoms with Crippen LogP contribution < -0.4 is 5.73 Å². The lowest BCUT2D eigenvalue weighted by Gasteiger charge is -2.44. The van der Waals surface area contributed by atoms with Crippen molar-refractivity contribution in [1.29, 1.82) is 0 Å². The minimum atomic E-state index is -3.50. The first-order valence-electron chi connectivity index (χ1n) is 7.97. The van der Waals surface area contributed by atoms with Gasteiger partial charge in [0, 0.05) is 39.3 Å². The van der Waals surface area contributed by atoms with Gasteiger partial charge in [-0.1, -0.05) is 0 Å². The zero-order valence-electron chi connectivity index (χ0n) is 14.4. The van der Waals surface area contributed by atoms with Crippen LogP contribution >= 0.6 is 0 Å². The van der Waals surface area contributed by atoms with Crippen molar-refractivity contribution in [3.63, 3.8) is 0 Å². The summed E-state index contributed by atoms with van der Waals surface area (Å²) in [5, 5.41) is 0. The molecule has 0 spiro atoms. The molecule has 2 heterocycles. The van der Waals surface area contributed by atoms with E-state index in [1.54, 1.807) is 27.8 Å². The molecule has 8 nitrogen and oxygen atoms in total. The smallest absolute Gasteiger partial charge is 0.410 e. The monoisotopic (exact) mass is 348 g/mol. The van der Waals surface area contributed by atoms with Crippen LogP contribution in [0.5, 0.6) is 0 Å². The van der Waals surface area contributed by atoms with Gasteiger partial charge in [-0.2, -0.15) is 17.0 Å². The van der Waals surface area contributed by atoms with Gasteiger partial charge in [0.25, 0.3) is 10.2 Å². The SMILES string of the molecule is CN(C1CN(C(=O)OC(C)(C)C)C1)S(=O)(=O)N1CCC(N)CC1. The quantitative estimate of drug-likeness (QED) is 0.786. The molecule has 2 N–H and O–H groups in total. The van der Waals surface area contributed by atoms with Gasteiger partial charge in [-0.15, -0.1) is 0 Å². The number of rotatable bonds is 3.